The van der Waals surface area contributed by atoms with Crippen LogP contribution in [0.15, 0.2) is 60.7 Å². The van der Waals surface area contributed by atoms with Crippen LogP contribution in [0.3, 0.4) is 0 Å². The van der Waals surface area contributed by atoms with Gasteiger partial charge >= 0.3 is 0 Å². The number of ether oxygens (including phenoxy) is 2. The monoisotopic (exact) mass is 719 g/mol. The van der Waals surface area contributed by atoms with E-state index in [4.69, 9.17) is 9.47 Å². The molecular formula is C40H57N5O7. The number of Topliss-reactive ketones (excluding diaryl/α,β-unsaturated/α-hetero) is 1. The maximum atomic E-state index is 14.1. The summed E-state index contributed by atoms with van der Waals surface area (Å²) >= 11 is 0. The molecule has 12 nitrogen and oxygen atoms in total. The second-order valence-electron chi connectivity index (χ2n) is 14.7. The molecule has 0 aromatic heterocycles. The summed E-state index contributed by atoms with van der Waals surface area (Å²) in [7, 11) is 0. The van der Waals surface area contributed by atoms with Crippen molar-refractivity contribution in [3.8, 4) is 0 Å². The van der Waals surface area contributed by atoms with Crippen molar-refractivity contribution in [2.45, 2.75) is 96.5 Å². The van der Waals surface area contributed by atoms with Gasteiger partial charge in [-0.3, -0.25) is 28.9 Å². The Morgan fingerprint density at radius 2 is 1.35 bits per heavy atom. The minimum atomic E-state index is -1.03. The smallest absolute Gasteiger partial charge is 0.243 e. The summed E-state index contributed by atoms with van der Waals surface area (Å²) in [6.45, 7) is 12.2. The van der Waals surface area contributed by atoms with Crippen molar-refractivity contribution < 1.29 is 33.4 Å². The molecule has 0 aliphatic carbocycles. The zero-order chi connectivity index (χ0) is 37.7. The average molecular weight is 720 g/mol. The number of hydrogen-bond acceptors (Lipinski definition) is 8. The molecule has 4 rings (SSSR count). The number of nitrogens with one attached hydrogen (secondary N) is 4. The Kier molecular flexibility index (Phi) is 15.3. The third-order valence-corrected chi connectivity index (χ3v) is 9.83. The molecule has 2 aromatic carbocycles. The van der Waals surface area contributed by atoms with Gasteiger partial charge in [-0.25, -0.2) is 0 Å². The lowest BCUT2D eigenvalue weighted by molar-refractivity contribution is -0.136. The number of morpholine rings is 1. The molecule has 2 heterocycles. The van der Waals surface area contributed by atoms with E-state index in [0.29, 0.717) is 58.6 Å². The minimum Gasteiger partial charge on any atom is -0.379 e. The largest absolute Gasteiger partial charge is 0.379 e. The van der Waals surface area contributed by atoms with E-state index >= 15 is 0 Å². The third kappa shape index (κ3) is 12.5. The zero-order valence-corrected chi connectivity index (χ0v) is 31.3. The summed E-state index contributed by atoms with van der Waals surface area (Å²) in [5.74, 6) is -2.15. The molecule has 2 aromatic rings. The van der Waals surface area contributed by atoms with Gasteiger partial charge < -0.3 is 30.7 Å². The molecule has 4 N–H and O–H groups in total. The summed E-state index contributed by atoms with van der Waals surface area (Å²) in [6.07, 6.45) is 2.02. The van der Waals surface area contributed by atoms with Crippen LogP contribution in [0.1, 0.15) is 65.0 Å². The number of carbonyl (C=O) groups is 5. The number of carbonyl (C=O) groups excluding carboxylic acids is 5. The topological polar surface area (TPSA) is 158 Å². The van der Waals surface area contributed by atoms with Gasteiger partial charge in [0.2, 0.25) is 23.6 Å². The number of nitrogens with zero attached hydrogens (tertiary/aromatic N) is 1. The standard InChI is InChI=1S/C40H57N5O7/c1-6-28(4)35(44-37(48)31(18-17-29-13-9-7-10-14-29)41-34(46)25-45-19-21-51-22-20-45)39(50)43-33(24-30-15-11-8-12-16-30)38(49)42-32(23-27(2)3)36(47)40(5)26-52-40/h7-16,27-28,31-33,35H,6,17-26H2,1-5H3,(H,41,46)(H,42,49)(H,43,50)(H,44,48)/t28?,31-,32?,33-,35?,40?/m0/s1. The molecule has 2 aliphatic heterocycles. The van der Waals surface area contributed by atoms with Crippen molar-refractivity contribution in [3.63, 3.8) is 0 Å². The van der Waals surface area contributed by atoms with E-state index in [1.54, 1.807) is 6.92 Å². The molecule has 0 bridgehead atoms. The molecule has 12 heteroatoms. The number of ketones is 1. The van der Waals surface area contributed by atoms with Gasteiger partial charge in [0, 0.05) is 19.5 Å². The van der Waals surface area contributed by atoms with Crippen LogP contribution in [0.5, 0.6) is 0 Å². The summed E-state index contributed by atoms with van der Waals surface area (Å²) < 4.78 is 10.8. The fourth-order valence-corrected chi connectivity index (χ4v) is 6.30. The SMILES string of the molecule is CCC(C)C(NC(=O)[C@H](CCc1ccccc1)NC(=O)CN1CCOCC1)C(=O)N[C@@H](Cc1ccccc1)C(=O)NC(CC(C)C)C(=O)C1(C)CO1. The van der Waals surface area contributed by atoms with Crippen LogP contribution in [-0.2, 0) is 46.3 Å². The summed E-state index contributed by atoms with van der Waals surface area (Å²) in [5.41, 5.74) is 0.913. The summed E-state index contributed by atoms with van der Waals surface area (Å²) in [5, 5.41) is 11.7. The molecule has 2 saturated heterocycles. The van der Waals surface area contributed by atoms with Gasteiger partial charge in [0.15, 0.2) is 5.78 Å². The fourth-order valence-electron chi connectivity index (χ4n) is 6.30. The average Bonchev–Trinajstić information content (AvgIpc) is 3.90. The molecule has 284 valence electrons. The zero-order valence-electron chi connectivity index (χ0n) is 31.3. The molecule has 0 saturated carbocycles. The second-order valence-corrected chi connectivity index (χ2v) is 14.7. The number of hydrogen-bond donors (Lipinski definition) is 4. The molecule has 2 aliphatic rings. The van der Waals surface area contributed by atoms with E-state index in [9.17, 15) is 24.0 Å². The Bertz CT molecular complexity index is 1480. The van der Waals surface area contributed by atoms with Gasteiger partial charge in [0.25, 0.3) is 0 Å². The Labute approximate surface area is 308 Å². The third-order valence-electron chi connectivity index (χ3n) is 9.83. The molecule has 0 radical (unpaired) electrons. The van der Waals surface area contributed by atoms with Crippen molar-refractivity contribution >= 4 is 29.4 Å². The van der Waals surface area contributed by atoms with Crippen LogP contribution < -0.4 is 21.3 Å². The summed E-state index contributed by atoms with van der Waals surface area (Å²) in [4.78, 5) is 70.6. The van der Waals surface area contributed by atoms with Crippen molar-refractivity contribution in [2.24, 2.45) is 11.8 Å². The highest BCUT2D eigenvalue weighted by atomic mass is 16.6. The highest BCUT2D eigenvalue weighted by molar-refractivity contribution is 5.99. The van der Waals surface area contributed by atoms with Crippen LogP contribution in [0.2, 0.25) is 0 Å². The second kappa shape index (κ2) is 19.6. The van der Waals surface area contributed by atoms with Crippen LogP contribution >= 0.6 is 0 Å². The van der Waals surface area contributed by atoms with E-state index in [-0.39, 0.29) is 36.5 Å². The predicted molar refractivity (Wildman–Crippen MR) is 198 cm³/mol. The van der Waals surface area contributed by atoms with Gasteiger partial charge in [0.05, 0.1) is 32.4 Å². The Morgan fingerprint density at radius 3 is 1.92 bits per heavy atom. The first kappa shape index (κ1) is 40.6. The molecule has 52 heavy (non-hydrogen) atoms. The highest BCUT2D eigenvalue weighted by Gasteiger charge is 2.50. The van der Waals surface area contributed by atoms with Crippen LogP contribution in [-0.4, -0.2) is 104 Å². The lowest BCUT2D eigenvalue weighted by atomic mass is 9.92. The Hall–Kier alpha value is -4.13. The maximum Gasteiger partial charge on any atom is 0.243 e. The molecule has 0 spiro atoms. The first-order valence-corrected chi connectivity index (χ1v) is 18.6. The van der Waals surface area contributed by atoms with Crippen molar-refractivity contribution in [1.29, 1.82) is 0 Å². The maximum absolute atomic E-state index is 14.1. The first-order chi connectivity index (χ1) is 24.9. The van der Waals surface area contributed by atoms with Gasteiger partial charge in [-0.2, -0.15) is 0 Å². The van der Waals surface area contributed by atoms with Crippen molar-refractivity contribution in [2.75, 3.05) is 39.5 Å². The quantitative estimate of drug-likeness (QED) is 0.152. The van der Waals surface area contributed by atoms with Crippen LogP contribution in [0.4, 0.5) is 0 Å². The molecule has 4 amide bonds. The van der Waals surface area contributed by atoms with Gasteiger partial charge in [0.1, 0.15) is 23.7 Å². The Morgan fingerprint density at radius 1 is 0.769 bits per heavy atom. The normalized spacial score (nSPS) is 20.1. The molecular weight excluding hydrogens is 662 g/mol. The fraction of sp³-hybridized carbons (Fsp3) is 0.575. The number of epoxide rings is 1. The van der Waals surface area contributed by atoms with E-state index in [1.807, 2.05) is 93.3 Å². The molecule has 4 unspecified atom stereocenters. The number of benzene rings is 2. The minimum absolute atomic E-state index is 0.118. The molecule has 2 fully saturated rings. The molecule has 6 atom stereocenters. The van der Waals surface area contributed by atoms with Gasteiger partial charge in [-0.15, -0.1) is 0 Å². The lowest BCUT2D eigenvalue weighted by Gasteiger charge is -2.30. The van der Waals surface area contributed by atoms with Crippen LogP contribution in [0, 0.1) is 11.8 Å². The van der Waals surface area contributed by atoms with E-state index in [0.717, 1.165) is 11.1 Å². The van der Waals surface area contributed by atoms with E-state index in [2.05, 4.69) is 21.3 Å². The van der Waals surface area contributed by atoms with E-state index in [1.165, 1.54) is 0 Å². The number of rotatable bonds is 20. The van der Waals surface area contributed by atoms with Crippen molar-refractivity contribution in [1.82, 2.24) is 26.2 Å². The lowest BCUT2D eigenvalue weighted by Crippen LogP contribution is -2.60. The van der Waals surface area contributed by atoms with Gasteiger partial charge in [-0.1, -0.05) is 94.8 Å². The first-order valence-electron chi connectivity index (χ1n) is 18.6. The Balaban J connectivity index is 1.52. The predicted octanol–water partition coefficient (Wildman–Crippen LogP) is 2.58. The van der Waals surface area contributed by atoms with Gasteiger partial charge in [-0.05, 0) is 49.1 Å². The highest BCUT2D eigenvalue weighted by Crippen LogP contribution is 2.29. The number of aryl methyl sites for hydroxylation is 1. The van der Waals surface area contributed by atoms with E-state index < -0.39 is 47.5 Å². The van der Waals surface area contributed by atoms with Crippen molar-refractivity contribution in [3.05, 3.63) is 71.8 Å². The number of amides is 4. The van der Waals surface area contributed by atoms with Crippen LogP contribution in [0.25, 0.3) is 0 Å². The summed E-state index contributed by atoms with van der Waals surface area (Å²) in [6, 6.07) is 15.3.